The van der Waals surface area contributed by atoms with Crippen LogP contribution in [0.5, 0.6) is 0 Å². The molecule has 1 unspecified atom stereocenters. The number of nitrogens with one attached hydrogen (secondary N) is 1. The van der Waals surface area contributed by atoms with Crippen molar-refractivity contribution in [2.45, 2.75) is 19.3 Å². The molecule has 3 aromatic rings. The van der Waals surface area contributed by atoms with Crippen LogP contribution in [0.1, 0.15) is 18.4 Å². The van der Waals surface area contributed by atoms with Crippen LogP contribution in [0.15, 0.2) is 72.9 Å². The summed E-state index contributed by atoms with van der Waals surface area (Å²) >= 11 is 0. The normalized spacial score (nSPS) is 16.4. The maximum Gasteiger partial charge on any atom is 0.230 e. The van der Waals surface area contributed by atoms with Crippen LogP contribution in [0.4, 0.5) is 5.82 Å². The summed E-state index contributed by atoms with van der Waals surface area (Å²) < 4.78 is 1.73. The topological polar surface area (TPSA) is 67.2 Å². The van der Waals surface area contributed by atoms with Gasteiger partial charge in [0, 0.05) is 25.4 Å². The van der Waals surface area contributed by atoms with E-state index in [0.29, 0.717) is 25.3 Å². The van der Waals surface area contributed by atoms with E-state index in [1.54, 1.807) is 10.7 Å². The van der Waals surface area contributed by atoms with Crippen LogP contribution in [0.3, 0.4) is 0 Å². The highest BCUT2D eigenvalue weighted by Gasteiger charge is 2.28. The zero-order valence-corrected chi connectivity index (χ0v) is 16.2. The van der Waals surface area contributed by atoms with Gasteiger partial charge in [-0.3, -0.25) is 9.59 Å². The van der Waals surface area contributed by atoms with Crippen LogP contribution >= 0.6 is 0 Å². The molecular weight excluding hydrogens is 364 g/mol. The van der Waals surface area contributed by atoms with E-state index in [1.165, 1.54) is 0 Å². The third-order valence-corrected chi connectivity index (χ3v) is 5.20. The molecule has 1 aliphatic rings. The van der Waals surface area contributed by atoms with Gasteiger partial charge in [0.1, 0.15) is 0 Å². The number of amides is 2. The zero-order valence-electron chi connectivity index (χ0n) is 16.2. The monoisotopic (exact) mass is 388 g/mol. The van der Waals surface area contributed by atoms with Gasteiger partial charge in [0.15, 0.2) is 5.82 Å². The number of hydrogen-bond acceptors (Lipinski definition) is 3. The average molecular weight is 388 g/mol. The van der Waals surface area contributed by atoms with Crippen LogP contribution in [-0.2, 0) is 16.0 Å². The number of carbonyl (C=O) groups excluding carboxylic acids is 2. The van der Waals surface area contributed by atoms with Crippen molar-refractivity contribution in [3.8, 4) is 5.69 Å². The summed E-state index contributed by atoms with van der Waals surface area (Å²) in [4.78, 5) is 27.2. The van der Waals surface area contributed by atoms with E-state index in [9.17, 15) is 9.59 Å². The van der Waals surface area contributed by atoms with Crippen LogP contribution in [0, 0.1) is 5.92 Å². The van der Waals surface area contributed by atoms with Crippen molar-refractivity contribution in [2.75, 3.05) is 18.4 Å². The number of nitrogens with zero attached hydrogens (tertiary/aromatic N) is 3. The molecule has 6 nitrogen and oxygen atoms in total. The lowest BCUT2D eigenvalue weighted by molar-refractivity contribution is -0.133. The Labute approximate surface area is 170 Å². The molecule has 2 heterocycles. The van der Waals surface area contributed by atoms with Gasteiger partial charge in [-0.2, -0.15) is 5.10 Å². The van der Waals surface area contributed by atoms with Crippen LogP contribution in [-0.4, -0.2) is 39.6 Å². The molecule has 0 saturated carbocycles. The van der Waals surface area contributed by atoms with E-state index in [1.807, 2.05) is 71.8 Å². The molecule has 1 saturated heterocycles. The van der Waals surface area contributed by atoms with Gasteiger partial charge < -0.3 is 10.2 Å². The molecule has 2 amide bonds. The SMILES string of the molecule is O=C(Nc1ccn(-c2ccccc2)n1)C1CCCN(C(=O)Cc2ccccc2)C1. The van der Waals surface area contributed by atoms with Gasteiger partial charge in [0.25, 0.3) is 0 Å². The second-order valence-corrected chi connectivity index (χ2v) is 7.31. The Kier molecular flexibility index (Phi) is 5.70. The predicted octanol–water partition coefficient (Wildman–Crippen LogP) is 3.29. The largest absolute Gasteiger partial charge is 0.342 e. The zero-order chi connectivity index (χ0) is 20.1. The van der Waals surface area contributed by atoms with Gasteiger partial charge in [0.05, 0.1) is 18.0 Å². The van der Waals surface area contributed by atoms with Gasteiger partial charge in [-0.25, -0.2) is 4.68 Å². The van der Waals surface area contributed by atoms with E-state index in [0.717, 1.165) is 24.1 Å². The van der Waals surface area contributed by atoms with E-state index in [-0.39, 0.29) is 17.7 Å². The third kappa shape index (κ3) is 4.71. The molecule has 1 fully saturated rings. The van der Waals surface area contributed by atoms with Gasteiger partial charge in [-0.1, -0.05) is 48.5 Å². The standard InChI is InChI=1S/C23H24N4O2/c28-22(16-18-8-3-1-4-9-18)26-14-7-10-19(17-26)23(29)24-21-13-15-27(25-21)20-11-5-2-6-12-20/h1-6,8-9,11-13,15,19H,7,10,14,16-17H2,(H,24,25,29). The Morgan fingerprint density at radius 1 is 1.00 bits per heavy atom. The maximum absolute atomic E-state index is 12.7. The Morgan fingerprint density at radius 2 is 1.72 bits per heavy atom. The number of aromatic nitrogens is 2. The van der Waals surface area contributed by atoms with E-state index in [2.05, 4.69) is 10.4 Å². The van der Waals surface area contributed by atoms with Crippen molar-refractivity contribution in [3.05, 3.63) is 78.5 Å². The van der Waals surface area contributed by atoms with Crippen molar-refractivity contribution in [2.24, 2.45) is 5.92 Å². The van der Waals surface area contributed by atoms with Gasteiger partial charge in [-0.05, 0) is 30.5 Å². The first-order valence-corrected chi connectivity index (χ1v) is 9.93. The lowest BCUT2D eigenvalue weighted by Crippen LogP contribution is -2.44. The number of carbonyl (C=O) groups is 2. The second-order valence-electron chi connectivity index (χ2n) is 7.31. The highest BCUT2D eigenvalue weighted by molar-refractivity contribution is 5.92. The first kappa shape index (κ1) is 18.9. The lowest BCUT2D eigenvalue weighted by Gasteiger charge is -2.32. The molecule has 1 aliphatic heterocycles. The highest BCUT2D eigenvalue weighted by atomic mass is 16.2. The molecule has 1 N–H and O–H groups in total. The number of anilines is 1. The molecule has 0 spiro atoms. The molecule has 0 bridgehead atoms. The van der Waals surface area contributed by atoms with Crippen molar-refractivity contribution in [1.29, 1.82) is 0 Å². The first-order valence-electron chi connectivity index (χ1n) is 9.93. The summed E-state index contributed by atoms with van der Waals surface area (Å²) in [5.41, 5.74) is 1.93. The number of benzene rings is 2. The van der Waals surface area contributed by atoms with Crippen molar-refractivity contribution >= 4 is 17.6 Å². The van der Waals surface area contributed by atoms with Gasteiger partial charge in [0.2, 0.25) is 11.8 Å². The van der Waals surface area contributed by atoms with Crippen LogP contribution < -0.4 is 5.32 Å². The average Bonchev–Trinajstić information content (AvgIpc) is 3.23. The molecular formula is C23H24N4O2. The summed E-state index contributed by atoms with van der Waals surface area (Å²) in [6.07, 6.45) is 3.80. The number of hydrogen-bond donors (Lipinski definition) is 1. The first-order chi connectivity index (χ1) is 14.2. The minimum Gasteiger partial charge on any atom is -0.342 e. The van der Waals surface area contributed by atoms with Crippen molar-refractivity contribution < 1.29 is 9.59 Å². The fourth-order valence-electron chi connectivity index (χ4n) is 3.64. The Bertz CT molecular complexity index is 969. The van der Waals surface area contributed by atoms with E-state index < -0.39 is 0 Å². The van der Waals surface area contributed by atoms with Crippen LogP contribution in [0.25, 0.3) is 5.69 Å². The highest BCUT2D eigenvalue weighted by Crippen LogP contribution is 2.20. The molecule has 148 valence electrons. The molecule has 29 heavy (non-hydrogen) atoms. The smallest absolute Gasteiger partial charge is 0.230 e. The summed E-state index contributed by atoms with van der Waals surface area (Å²) in [7, 11) is 0. The molecule has 1 aromatic heterocycles. The molecule has 4 rings (SSSR count). The molecule has 1 atom stereocenters. The summed E-state index contributed by atoms with van der Waals surface area (Å²) in [6, 6.07) is 21.2. The predicted molar refractivity (Wildman–Crippen MR) is 112 cm³/mol. The summed E-state index contributed by atoms with van der Waals surface area (Å²) in [5, 5.41) is 7.33. The Hall–Kier alpha value is -3.41. The number of likely N-dealkylation sites (tertiary alicyclic amines) is 1. The van der Waals surface area contributed by atoms with E-state index in [4.69, 9.17) is 0 Å². The Balaban J connectivity index is 1.35. The lowest BCUT2D eigenvalue weighted by atomic mass is 9.96. The molecule has 0 aliphatic carbocycles. The number of para-hydroxylation sites is 1. The van der Waals surface area contributed by atoms with Gasteiger partial charge in [-0.15, -0.1) is 0 Å². The summed E-state index contributed by atoms with van der Waals surface area (Å²) in [6.45, 7) is 1.16. The minimum atomic E-state index is -0.217. The number of rotatable bonds is 5. The van der Waals surface area contributed by atoms with Crippen molar-refractivity contribution in [1.82, 2.24) is 14.7 Å². The molecule has 2 aromatic carbocycles. The fraction of sp³-hybridized carbons (Fsp3) is 0.261. The molecule has 0 radical (unpaired) electrons. The van der Waals surface area contributed by atoms with Gasteiger partial charge >= 0.3 is 0 Å². The number of piperidine rings is 1. The Morgan fingerprint density at radius 3 is 2.48 bits per heavy atom. The fourth-order valence-corrected chi connectivity index (χ4v) is 3.64. The summed E-state index contributed by atoms with van der Waals surface area (Å²) in [5.74, 6) is 0.291. The molecule has 6 heteroatoms. The van der Waals surface area contributed by atoms with Crippen LogP contribution in [0.2, 0.25) is 0 Å². The minimum absolute atomic E-state index is 0.0713. The van der Waals surface area contributed by atoms with E-state index >= 15 is 0 Å². The quantitative estimate of drug-likeness (QED) is 0.729. The third-order valence-electron chi connectivity index (χ3n) is 5.20. The van der Waals surface area contributed by atoms with Crippen molar-refractivity contribution in [3.63, 3.8) is 0 Å². The maximum atomic E-state index is 12.7. The second kappa shape index (κ2) is 8.73.